The van der Waals surface area contributed by atoms with Gasteiger partial charge in [-0.2, -0.15) is 0 Å². The van der Waals surface area contributed by atoms with Gasteiger partial charge in [-0.15, -0.1) is 0 Å². The van der Waals surface area contributed by atoms with Crippen molar-refractivity contribution in [2.24, 2.45) is 0 Å². The predicted molar refractivity (Wildman–Crippen MR) is 392 cm³/mol. The zero-order chi connectivity index (χ0) is 94.6. The highest BCUT2D eigenvalue weighted by Gasteiger charge is 2.64. The van der Waals surface area contributed by atoms with E-state index in [4.69, 9.17) is 90.0 Å². The van der Waals surface area contributed by atoms with Gasteiger partial charge in [0, 0.05) is 34.1 Å². The molecule has 0 spiro atoms. The zero-order valence-electron chi connectivity index (χ0n) is 68.7. The van der Waals surface area contributed by atoms with Crippen molar-refractivity contribution in [1.82, 2.24) is 21.3 Å². The Morgan fingerprint density at radius 3 is 1.11 bits per heavy atom. The molecule has 0 aliphatic carbocycles. The van der Waals surface area contributed by atoms with E-state index in [1.807, 2.05) is 0 Å². The van der Waals surface area contributed by atoms with Crippen LogP contribution in [0.4, 0.5) is 0 Å². The molecule has 0 aromatic rings. The molecule has 4 amide bonds. The van der Waals surface area contributed by atoms with Crippen molar-refractivity contribution in [3.05, 3.63) is 0 Å². The molecule has 0 bridgehead atoms. The van der Waals surface area contributed by atoms with Crippen molar-refractivity contribution in [3.8, 4) is 0 Å². The maximum absolute atomic E-state index is 13.3. The Morgan fingerprint density at radius 1 is 0.336 bits per heavy atom. The van der Waals surface area contributed by atoms with E-state index < -0.39 is 408 Å². The first-order valence-corrected chi connectivity index (χ1v) is 40.6. The van der Waals surface area contributed by atoms with Crippen LogP contribution in [0.2, 0.25) is 0 Å². The summed E-state index contributed by atoms with van der Waals surface area (Å²) in [6.45, 7) is -5.75. The number of rotatable bonds is 34. The predicted octanol–water partition coefficient (Wildman–Crippen LogP) is -22.0. The second kappa shape index (κ2) is 45.4. The molecule has 0 aromatic carbocycles. The normalized spacial score (nSPS) is 48.4. The highest BCUT2D eigenvalue weighted by atomic mass is 16.8. The summed E-state index contributed by atoms with van der Waals surface area (Å²) >= 11 is 0. The Labute approximate surface area is 723 Å². The van der Waals surface area contributed by atoms with Gasteiger partial charge in [0.1, 0.15) is 232 Å². The summed E-state index contributed by atoms with van der Waals surface area (Å²) in [6.07, 6.45) is -99.6. The van der Waals surface area contributed by atoms with E-state index in [0.717, 1.165) is 27.7 Å². The average Bonchev–Trinajstić information content (AvgIpc) is 0.746. The van der Waals surface area contributed by atoms with Crippen LogP contribution in [0.5, 0.6) is 0 Å². The number of aliphatic carboxylic acids is 1. The van der Waals surface area contributed by atoms with Crippen molar-refractivity contribution in [1.29, 1.82) is 0 Å². The number of ether oxygens (including phenoxy) is 19. The van der Waals surface area contributed by atoms with Crippen LogP contribution in [0.15, 0.2) is 0 Å². The second-order valence-electron chi connectivity index (χ2n) is 32.4. The summed E-state index contributed by atoms with van der Waals surface area (Å²) in [4.78, 5) is 65.3. The largest absolute Gasteiger partial charge is 0.477 e. The van der Waals surface area contributed by atoms with E-state index in [2.05, 4.69) is 21.3 Å². The van der Waals surface area contributed by atoms with Crippen LogP contribution in [0.3, 0.4) is 0 Å². The first kappa shape index (κ1) is 106. The number of aliphatic hydroxyl groups excluding tert-OH is 28. The third-order valence-corrected chi connectivity index (χ3v) is 23.4. The Kier molecular flexibility index (Phi) is 37.4. The van der Waals surface area contributed by atoms with Gasteiger partial charge in [0.05, 0.1) is 77.7 Å². The van der Waals surface area contributed by atoms with Gasteiger partial charge < -0.3 is 259 Å². The molecule has 10 saturated heterocycles. The number of hydrogen-bond donors (Lipinski definition) is 33. The lowest BCUT2D eigenvalue weighted by Gasteiger charge is -2.51. The van der Waals surface area contributed by atoms with Gasteiger partial charge in [-0.05, 0) is 6.92 Å². The monoisotopic (exact) mass is 1870 g/mol. The summed E-state index contributed by atoms with van der Waals surface area (Å²) in [5, 5.41) is 332. The number of carboxylic acid groups (broad SMARTS) is 1. The lowest BCUT2D eigenvalue weighted by molar-refractivity contribution is -0.394. The van der Waals surface area contributed by atoms with Crippen molar-refractivity contribution < 1.29 is 262 Å². The molecule has 740 valence electrons. The quantitative estimate of drug-likeness (QED) is 0.0284. The fraction of sp³-hybridized carbons (Fsp3) is 0.930. The van der Waals surface area contributed by atoms with Gasteiger partial charge >= 0.3 is 5.97 Å². The highest BCUT2D eigenvalue weighted by molar-refractivity contribution is 5.77. The minimum atomic E-state index is -3.33. The minimum Gasteiger partial charge on any atom is -0.477 e. The van der Waals surface area contributed by atoms with Crippen LogP contribution in [0, 0.1) is 0 Å². The molecule has 57 nitrogen and oxygen atoms in total. The third-order valence-electron chi connectivity index (χ3n) is 23.4. The van der Waals surface area contributed by atoms with Crippen molar-refractivity contribution in [3.63, 3.8) is 0 Å². The molecule has 0 aromatic heterocycles. The number of carbonyl (C=O) groups is 5. The van der Waals surface area contributed by atoms with Gasteiger partial charge in [0.15, 0.2) is 56.6 Å². The molecule has 0 radical (unpaired) electrons. The van der Waals surface area contributed by atoms with Crippen molar-refractivity contribution >= 4 is 29.6 Å². The molecule has 128 heavy (non-hydrogen) atoms. The number of carboxylic acids is 1. The first-order chi connectivity index (χ1) is 60.4. The Balaban J connectivity index is 0.959. The molecule has 51 atom stereocenters. The Hall–Kier alpha value is -4.53. The highest BCUT2D eigenvalue weighted by Crippen LogP contribution is 2.43. The smallest absolute Gasteiger partial charge is 0.364 e. The fourth-order valence-corrected chi connectivity index (χ4v) is 16.6. The average molecular weight is 1880 g/mol. The lowest BCUT2D eigenvalue weighted by atomic mass is 9.88. The summed E-state index contributed by atoms with van der Waals surface area (Å²) in [7, 11) is 0. The van der Waals surface area contributed by atoms with Gasteiger partial charge in [0.2, 0.25) is 23.6 Å². The summed E-state index contributed by atoms with van der Waals surface area (Å²) in [6, 6.07) is -7.94. The van der Waals surface area contributed by atoms with Crippen LogP contribution in [-0.4, -0.2) is 550 Å². The number of nitrogens with one attached hydrogen (secondary N) is 4. The lowest BCUT2D eigenvalue weighted by Crippen LogP contribution is -2.71. The number of carbonyl (C=O) groups excluding carboxylic acids is 4. The van der Waals surface area contributed by atoms with Crippen LogP contribution in [0.25, 0.3) is 0 Å². The Bertz CT molecular complexity index is 3530. The van der Waals surface area contributed by atoms with Crippen molar-refractivity contribution in [2.75, 3.05) is 59.5 Å². The van der Waals surface area contributed by atoms with E-state index in [0.29, 0.717) is 0 Å². The zero-order valence-corrected chi connectivity index (χ0v) is 68.7. The van der Waals surface area contributed by atoms with Crippen LogP contribution >= 0.6 is 0 Å². The molecule has 33 N–H and O–H groups in total. The molecule has 10 aliphatic heterocycles. The van der Waals surface area contributed by atoms with Crippen LogP contribution < -0.4 is 21.3 Å². The molecular formula is C71H118N4O53. The second-order valence-corrected chi connectivity index (χ2v) is 32.4. The van der Waals surface area contributed by atoms with Gasteiger partial charge in [-0.1, -0.05) is 0 Å². The Morgan fingerprint density at radius 2 is 0.672 bits per heavy atom. The maximum atomic E-state index is 13.3. The molecule has 10 rings (SSSR count). The molecule has 10 heterocycles. The molecule has 0 unspecified atom stereocenters. The summed E-state index contributed by atoms with van der Waals surface area (Å²) in [5.74, 6) is -9.47. The molecule has 10 aliphatic rings. The van der Waals surface area contributed by atoms with E-state index in [9.17, 15) is 172 Å². The van der Waals surface area contributed by atoms with E-state index in [1.54, 1.807) is 0 Å². The van der Waals surface area contributed by atoms with Gasteiger partial charge in [-0.25, -0.2) is 4.79 Å². The minimum absolute atomic E-state index is 0.856. The molecular weight excluding hydrogens is 1760 g/mol. The van der Waals surface area contributed by atoms with E-state index >= 15 is 0 Å². The van der Waals surface area contributed by atoms with E-state index in [-0.39, 0.29) is 0 Å². The molecule has 10 fully saturated rings. The van der Waals surface area contributed by atoms with Crippen LogP contribution in [-0.2, 0) is 114 Å². The summed E-state index contributed by atoms with van der Waals surface area (Å²) in [5.41, 5.74) is 0. The van der Waals surface area contributed by atoms with Crippen molar-refractivity contribution in [2.45, 2.75) is 353 Å². The number of hydrogen-bond acceptors (Lipinski definition) is 52. The number of aliphatic hydroxyl groups is 28. The summed E-state index contributed by atoms with van der Waals surface area (Å²) < 4.78 is 112. The number of amides is 4. The fourth-order valence-electron chi connectivity index (χ4n) is 16.6. The van der Waals surface area contributed by atoms with Crippen LogP contribution in [0.1, 0.15) is 41.0 Å². The van der Waals surface area contributed by atoms with Gasteiger partial charge in [-0.3, -0.25) is 19.2 Å². The SMILES string of the molecule is CC(=O)N[C@@H]1[C@H](O[C@H]2[C@@H](O)[C@@H](CO[C@@H]3O[C@H](CO)[C@@H](O[C@@H]4O[C@H](CO)[C@H](O)[C@H](O)[C@H]4O[C@@H]4O[C@@H](C)[C@@H](O)[C@@H](O)[C@@H]4O)[C@H](O)[C@H]3NC(C)=O)O[C@@H](O[C@H]3[C@H](O)[C@@H](NC(C)=O)[C@H](O[C@H]4[C@@H](O)[C@@H](CO)O[C@@H](O[C@H]5[C@H](O)[C@@H](O)[C@H](O)O[C@@H]5CO)[C@@H]4O)O[C@@H]3CO)[C@@H]2O)O[C@H](CO)[C@@H](O[C@@H]2O[C@H](CO)[C@H](O)[C@H](O[C@]3(C(=O)O)C[C@H](O)[C@@H](NC(C)=O)[C@H]([C@H](O)[C@H](O)CO)O3)[C@H]2O)[C@@H]1O. The molecule has 57 heteroatoms. The first-order valence-electron chi connectivity index (χ1n) is 40.6. The van der Waals surface area contributed by atoms with E-state index in [1.165, 1.54) is 6.92 Å². The topological polar surface area (TPSA) is 896 Å². The maximum Gasteiger partial charge on any atom is 0.364 e. The standard InChI is InChI=1S/C71H118N4O53/c1-16-35(90)44(99)48(103)65(111-16)126-60-45(100)37(92)23(8-77)115-69(60)123-54-27(12-81)116-62(32(41(54)96)73-18(3)85)110-15-30-40(95)58(50(105)67(119-30)120-52-28(13-82)117-63(33(42(52)97)74-19(4)86)124-57-38(93)24(9-78)113-66(49(57)104)122-55-26(11-80)112-61(107)47(102)46(55)101)125-64-34(75-20(5)87)43(98)53(29(14-83)118-64)121-68-51(106)59(39(94)25(10-79)114-68)128-71(70(108)109)6-21(88)31(72-17(2)84)56(127-71)36(91)22(89)7-76/h16,21-69,76-83,88-107H,6-15H2,1-5H3,(H,72,84)(H,73,85)(H,74,86)(H,75,87)(H,108,109)/t16-,21-,22+,23+,24+,25+,26+,27+,28+,29+,30+,31+,32+,33+,34-,35+,36+,37-,38-,39-,40-,41+,42+,43+,44+,45-,46+,47+,48-,49+,50+,51+,52+,53+,54+,55+,56+,57-,58-,59-,60+,61+,62+,63-,64-,65-,66-,67-,68-,69-,71-/m0/s1. The van der Waals surface area contributed by atoms with Gasteiger partial charge in [0.25, 0.3) is 5.79 Å². The third kappa shape index (κ3) is 22.9. The molecule has 0 saturated carbocycles.